The van der Waals surface area contributed by atoms with Crippen LogP contribution in [0.5, 0.6) is 0 Å². The number of nitrogens with one attached hydrogen (secondary N) is 1. The molecule has 3 aliphatic heterocycles. The molecule has 1 spiro atoms. The summed E-state index contributed by atoms with van der Waals surface area (Å²) in [6, 6.07) is -0.300. The van der Waals surface area contributed by atoms with Gasteiger partial charge in [0.2, 0.25) is 5.91 Å². The van der Waals surface area contributed by atoms with Crippen molar-refractivity contribution >= 4 is 15.7 Å². The number of morpholine rings is 1. The molecule has 1 amide bonds. The van der Waals surface area contributed by atoms with Crippen molar-refractivity contribution in [1.82, 2.24) is 20.2 Å². The highest BCUT2D eigenvalue weighted by Gasteiger charge is 2.47. The third-order valence-corrected chi connectivity index (χ3v) is 6.99. The molecule has 3 fully saturated rings. The van der Waals surface area contributed by atoms with Crippen LogP contribution in [0, 0.1) is 6.92 Å². The summed E-state index contributed by atoms with van der Waals surface area (Å²) in [5, 5.41) is 2.76. The number of rotatable bonds is 4. The topological polar surface area (TPSA) is 111 Å². The van der Waals surface area contributed by atoms with Crippen LogP contribution < -0.4 is 5.32 Å². The molecule has 0 aliphatic carbocycles. The summed E-state index contributed by atoms with van der Waals surface area (Å²) in [6.07, 6.45) is 3.36. The molecule has 1 aromatic rings. The Morgan fingerprint density at radius 1 is 1.41 bits per heavy atom. The summed E-state index contributed by atoms with van der Waals surface area (Å²) in [6.45, 7) is 4.95. The third kappa shape index (κ3) is 4.29. The van der Waals surface area contributed by atoms with Crippen LogP contribution in [0.3, 0.4) is 0 Å². The average Bonchev–Trinajstić information content (AvgIpc) is 2.97. The second kappa shape index (κ2) is 7.08. The summed E-state index contributed by atoms with van der Waals surface area (Å²) in [5.74, 6) is -0.228. The molecule has 3 saturated heterocycles. The fraction of sp³-hybridized carbons (Fsp3) is 0.706. The number of hydrogen-bond acceptors (Lipinski definition) is 8. The fourth-order valence-electron chi connectivity index (χ4n) is 3.91. The molecule has 1 N–H and O–H groups in total. The van der Waals surface area contributed by atoms with E-state index in [2.05, 4.69) is 20.2 Å². The summed E-state index contributed by atoms with van der Waals surface area (Å²) in [4.78, 5) is 23.3. The molecule has 0 unspecified atom stereocenters. The van der Waals surface area contributed by atoms with Gasteiger partial charge in [-0.2, -0.15) is 0 Å². The van der Waals surface area contributed by atoms with Gasteiger partial charge in [0.25, 0.3) is 0 Å². The maximum absolute atomic E-state index is 12.4. The number of amides is 1. The summed E-state index contributed by atoms with van der Waals surface area (Å²) >= 11 is 0. The second-order valence-electron chi connectivity index (χ2n) is 7.68. The van der Waals surface area contributed by atoms with Crippen molar-refractivity contribution in [1.29, 1.82) is 0 Å². The quantitative estimate of drug-likeness (QED) is 0.694. The van der Waals surface area contributed by atoms with E-state index < -0.39 is 21.5 Å². The Labute approximate surface area is 158 Å². The molecule has 2 atom stereocenters. The van der Waals surface area contributed by atoms with Gasteiger partial charge in [0.1, 0.15) is 11.7 Å². The number of carbonyl (C=O) groups excluding carboxylic acids is 1. The van der Waals surface area contributed by atoms with Gasteiger partial charge in [-0.15, -0.1) is 0 Å². The van der Waals surface area contributed by atoms with Crippen LogP contribution in [0.15, 0.2) is 12.4 Å². The van der Waals surface area contributed by atoms with Crippen LogP contribution in [-0.2, 0) is 30.7 Å². The molecule has 1 aromatic heterocycles. The highest BCUT2D eigenvalue weighted by molar-refractivity contribution is 7.92. The maximum Gasteiger partial charge on any atom is 0.249 e. The number of aryl methyl sites for hydroxylation is 1. The van der Waals surface area contributed by atoms with Crippen molar-refractivity contribution in [2.45, 2.75) is 37.6 Å². The molecule has 4 heterocycles. The largest absolute Gasteiger partial charge is 0.370 e. The molecule has 10 heteroatoms. The van der Waals surface area contributed by atoms with Crippen LogP contribution in [0.1, 0.15) is 17.8 Å². The normalized spacial score (nSPS) is 30.9. The van der Waals surface area contributed by atoms with Crippen LogP contribution in [-0.4, -0.2) is 84.7 Å². The van der Waals surface area contributed by atoms with Gasteiger partial charge in [0.15, 0.2) is 9.84 Å². The molecule has 0 bridgehead atoms. The molecule has 4 rings (SSSR count). The zero-order chi connectivity index (χ0) is 19.1. The molecular weight excluding hydrogens is 372 g/mol. The highest BCUT2D eigenvalue weighted by atomic mass is 32.2. The van der Waals surface area contributed by atoms with Gasteiger partial charge in [-0.3, -0.25) is 19.7 Å². The monoisotopic (exact) mass is 396 g/mol. The number of aromatic nitrogens is 2. The molecule has 148 valence electrons. The van der Waals surface area contributed by atoms with E-state index >= 15 is 0 Å². The van der Waals surface area contributed by atoms with E-state index in [0.29, 0.717) is 32.7 Å². The lowest BCUT2D eigenvalue weighted by atomic mass is 9.97. The maximum atomic E-state index is 12.4. The third-order valence-electron chi connectivity index (χ3n) is 5.17. The van der Waals surface area contributed by atoms with Gasteiger partial charge >= 0.3 is 0 Å². The van der Waals surface area contributed by atoms with E-state index in [0.717, 1.165) is 17.9 Å². The molecule has 0 saturated carbocycles. The first-order valence-electron chi connectivity index (χ1n) is 9.09. The molecule has 0 radical (unpaired) electrons. The highest BCUT2D eigenvalue weighted by Crippen LogP contribution is 2.32. The Balaban J connectivity index is 1.33. The summed E-state index contributed by atoms with van der Waals surface area (Å²) in [7, 11) is -2.96. The first-order chi connectivity index (χ1) is 12.8. The van der Waals surface area contributed by atoms with E-state index in [1.807, 2.05) is 6.92 Å². The second-order valence-corrected chi connectivity index (χ2v) is 9.83. The molecule has 27 heavy (non-hydrogen) atoms. The minimum Gasteiger partial charge on any atom is -0.370 e. The van der Waals surface area contributed by atoms with Gasteiger partial charge in [0, 0.05) is 38.4 Å². The van der Waals surface area contributed by atoms with Gasteiger partial charge in [-0.25, -0.2) is 8.42 Å². The molecule has 9 nitrogen and oxygen atoms in total. The van der Waals surface area contributed by atoms with Crippen molar-refractivity contribution < 1.29 is 22.7 Å². The van der Waals surface area contributed by atoms with E-state index in [1.54, 1.807) is 12.4 Å². The first kappa shape index (κ1) is 18.7. The lowest BCUT2D eigenvalue weighted by molar-refractivity contribution is -0.130. The lowest BCUT2D eigenvalue weighted by Crippen LogP contribution is -2.55. The number of hydrogen-bond donors (Lipinski definition) is 1. The molecule has 3 aliphatic rings. The standard InChI is InChI=1S/C17H24N4O5S/c1-12-5-18-6-13(19-12)7-21-2-3-26-17(10-21)4-15(25-11-17)16(22)20-14-8-27(23,24)9-14/h5-6,14-15H,2-4,7-11H2,1H3,(H,20,22)/t15-,17+/m1/s1. The van der Waals surface area contributed by atoms with E-state index in [9.17, 15) is 13.2 Å². The Morgan fingerprint density at radius 2 is 2.22 bits per heavy atom. The van der Waals surface area contributed by atoms with Gasteiger partial charge in [-0.05, 0) is 6.92 Å². The number of carbonyl (C=O) groups is 1. The number of ether oxygens (including phenoxy) is 2. The van der Waals surface area contributed by atoms with Crippen LogP contribution >= 0.6 is 0 Å². The first-order valence-corrected chi connectivity index (χ1v) is 10.9. The minimum atomic E-state index is -2.96. The molecular formula is C17H24N4O5S. The van der Waals surface area contributed by atoms with Crippen LogP contribution in [0.2, 0.25) is 0 Å². The van der Waals surface area contributed by atoms with Crippen molar-refractivity contribution in [2.75, 3.05) is 37.8 Å². The fourth-order valence-corrected chi connectivity index (χ4v) is 5.20. The van der Waals surface area contributed by atoms with Gasteiger partial charge < -0.3 is 14.8 Å². The number of sulfone groups is 1. The van der Waals surface area contributed by atoms with Gasteiger partial charge in [-0.1, -0.05) is 0 Å². The Hall–Kier alpha value is -1.62. The van der Waals surface area contributed by atoms with E-state index in [-0.39, 0.29) is 23.5 Å². The molecule has 0 aromatic carbocycles. The predicted molar refractivity (Wildman–Crippen MR) is 95.7 cm³/mol. The van der Waals surface area contributed by atoms with E-state index in [1.165, 1.54) is 0 Å². The minimum absolute atomic E-state index is 0.0123. The smallest absolute Gasteiger partial charge is 0.249 e. The zero-order valence-corrected chi connectivity index (χ0v) is 16.1. The summed E-state index contributed by atoms with van der Waals surface area (Å²) < 4.78 is 34.2. The van der Waals surface area contributed by atoms with Crippen molar-refractivity contribution in [2.24, 2.45) is 0 Å². The lowest BCUT2D eigenvalue weighted by Gasteiger charge is -2.39. The van der Waals surface area contributed by atoms with E-state index in [4.69, 9.17) is 9.47 Å². The Morgan fingerprint density at radius 3 is 2.96 bits per heavy atom. The predicted octanol–water partition coefficient (Wildman–Crippen LogP) is -0.942. The van der Waals surface area contributed by atoms with Crippen LogP contribution in [0.4, 0.5) is 0 Å². The van der Waals surface area contributed by atoms with Crippen LogP contribution in [0.25, 0.3) is 0 Å². The van der Waals surface area contributed by atoms with Crippen molar-refractivity contribution in [3.05, 3.63) is 23.8 Å². The number of nitrogens with zero attached hydrogens (tertiary/aromatic N) is 3. The Kier molecular flexibility index (Phi) is 4.91. The van der Waals surface area contributed by atoms with Crippen molar-refractivity contribution in [3.63, 3.8) is 0 Å². The average molecular weight is 396 g/mol. The summed E-state index contributed by atoms with van der Waals surface area (Å²) in [5.41, 5.74) is 1.28. The van der Waals surface area contributed by atoms with Gasteiger partial charge in [0.05, 0.1) is 42.1 Å². The SMILES string of the molecule is Cc1cncc(CN2CCO[C@]3(CO[C@@H](C(=O)NC4CS(=O)(=O)C4)C3)C2)n1. The van der Waals surface area contributed by atoms with Crippen molar-refractivity contribution in [3.8, 4) is 0 Å². The zero-order valence-electron chi connectivity index (χ0n) is 15.3. The Bertz CT molecular complexity index is 820.